The van der Waals surface area contributed by atoms with Gasteiger partial charge in [-0.15, -0.1) is 0 Å². The van der Waals surface area contributed by atoms with Crippen molar-refractivity contribution in [2.45, 2.75) is 0 Å². The second-order valence-corrected chi connectivity index (χ2v) is 3.60. The quantitative estimate of drug-likeness (QED) is 0.484. The second kappa shape index (κ2) is 3.33. The molecule has 3 heteroatoms. The molecule has 0 fully saturated rings. The SMILES string of the molecule is O=C=Nc1ccc2[nH]c3ccccc3c2c1. The Morgan fingerprint density at radius 3 is 2.69 bits per heavy atom. The standard InChI is InChI=1S/C13H8N2O/c16-8-14-9-5-6-13-11(7-9)10-3-1-2-4-12(10)15-13/h1-7,15H. The summed E-state index contributed by atoms with van der Waals surface area (Å²) >= 11 is 0. The molecule has 0 atom stereocenters. The van der Waals surface area contributed by atoms with E-state index < -0.39 is 0 Å². The first-order valence-electron chi connectivity index (χ1n) is 4.97. The third-order valence-electron chi connectivity index (χ3n) is 2.66. The minimum absolute atomic E-state index is 0.632. The van der Waals surface area contributed by atoms with E-state index in [0.29, 0.717) is 5.69 Å². The zero-order valence-electron chi connectivity index (χ0n) is 8.40. The molecule has 1 N–H and O–H groups in total. The highest BCUT2D eigenvalue weighted by molar-refractivity contribution is 6.08. The van der Waals surface area contributed by atoms with E-state index >= 15 is 0 Å². The summed E-state index contributed by atoms with van der Waals surface area (Å²) in [5, 5.41) is 2.22. The molecular weight excluding hydrogens is 200 g/mol. The van der Waals surface area contributed by atoms with Crippen LogP contribution in [-0.4, -0.2) is 11.1 Å². The third kappa shape index (κ3) is 1.23. The largest absolute Gasteiger partial charge is 0.355 e. The molecule has 1 heterocycles. The van der Waals surface area contributed by atoms with Gasteiger partial charge in [0.05, 0.1) is 5.69 Å². The normalized spacial score (nSPS) is 10.5. The predicted octanol–water partition coefficient (Wildman–Crippen LogP) is 3.29. The van der Waals surface area contributed by atoms with Gasteiger partial charge in [0, 0.05) is 21.8 Å². The number of nitrogens with zero attached hydrogens (tertiary/aromatic N) is 1. The number of aromatic nitrogens is 1. The maximum Gasteiger partial charge on any atom is 0.240 e. The molecule has 1 aromatic heterocycles. The molecule has 2 aromatic carbocycles. The Kier molecular flexibility index (Phi) is 1.85. The van der Waals surface area contributed by atoms with Crippen LogP contribution in [0.4, 0.5) is 5.69 Å². The number of carbonyl (C=O) groups excluding carboxylic acids is 1. The first-order valence-corrected chi connectivity index (χ1v) is 4.97. The van der Waals surface area contributed by atoms with Crippen molar-refractivity contribution in [1.29, 1.82) is 0 Å². The van der Waals surface area contributed by atoms with Gasteiger partial charge >= 0.3 is 0 Å². The molecule has 0 aliphatic carbocycles. The van der Waals surface area contributed by atoms with Crippen LogP contribution in [0.2, 0.25) is 0 Å². The molecule has 0 aliphatic heterocycles. The summed E-state index contributed by atoms with van der Waals surface area (Å²) in [6, 6.07) is 13.7. The van der Waals surface area contributed by atoms with Gasteiger partial charge in [-0.2, -0.15) is 4.99 Å². The van der Waals surface area contributed by atoms with Gasteiger partial charge in [-0.1, -0.05) is 18.2 Å². The number of benzene rings is 2. The first kappa shape index (κ1) is 8.89. The van der Waals surface area contributed by atoms with Gasteiger partial charge in [0.25, 0.3) is 0 Å². The lowest BCUT2D eigenvalue weighted by molar-refractivity contribution is 0.565. The maximum absolute atomic E-state index is 10.2. The van der Waals surface area contributed by atoms with Crippen LogP contribution in [0.5, 0.6) is 0 Å². The Balaban J connectivity index is 2.44. The molecular formula is C13H8N2O. The molecule has 0 amide bonds. The van der Waals surface area contributed by atoms with Gasteiger partial charge in [0.1, 0.15) is 0 Å². The van der Waals surface area contributed by atoms with Crippen LogP contribution in [0, 0.1) is 0 Å². The average molecular weight is 208 g/mol. The van der Waals surface area contributed by atoms with Crippen LogP contribution in [0.15, 0.2) is 47.5 Å². The van der Waals surface area contributed by atoms with Crippen molar-refractivity contribution >= 4 is 33.6 Å². The molecule has 0 radical (unpaired) electrons. The minimum Gasteiger partial charge on any atom is -0.355 e. The van der Waals surface area contributed by atoms with Crippen LogP contribution in [0.3, 0.4) is 0 Å². The Labute approximate surface area is 91.4 Å². The Morgan fingerprint density at radius 2 is 1.81 bits per heavy atom. The number of H-pyrrole nitrogens is 1. The van der Waals surface area contributed by atoms with Crippen molar-refractivity contribution in [3.63, 3.8) is 0 Å². The summed E-state index contributed by atoms with van der Waals surface area (Å²) in [7, 11) is 0. The van der Waals surface area contributed by atoms with E-state index in [0.717, 1.165) is 21.8 Å². The average Bonchev–Trinajstić information content (AvgIpc) is 2.68. The first-order chi connectivity index (χ1) is 7.88. The molecule has 0 unspecified atom stereocenters. The molecule has 0 saturated carbocycles. The molecule has 3 nitrogen and oxygen atoms in total. The number of aromatic amines is 1. The number of isocyanates is 1. The molecule has 76 valence electrons. The number of rotatable bonds is 1. The summed E-state index contributed by atoms with van der Waals surface area (Å²) < 4.78 is 0. The topological polar surface area (TPSA) is 45.2 Å². The Hall–Kier alpha value is -2.38. The fraction of sp³-hybridized carbons (Fsp3) is 0. The lowest BCUT2D eigenvalue weighted by atomic mass is 10.1. The smallest absolute Gasteiger partial charge is 0.240 e. The summed E-state index contributed by atoms with van der Waals surface area (Å²) in [6.07, 6.45) is 1.55. The van der Waals surface area contributed by atoms with E-state index in [4.69, 9.17) is 0 Å². The van der Waals surface area contributed by atoms with Crippen molar-refractivity contribution in [2.75, 3.05) is 0 Å². The van der Waals surface area contributed by atoms with Gasteiger partial charge in [-0.3, -0.25) is 0 Å². The molecule has 0 saturated heterocycles. The Bertz CT molecular complexity index is 721. The van der Waals surface area contributed by atoms with E-state index in [9.17, 15) is 4.79 Å². The lowest BCUT2D eigenvalue weighted by Gasteiger charge is -1.92. The second-order valence-electron chi connectivity index (χ2n) is 3.60. The van der Waals surface area contributed by atoms with Crippen molar-refractivity contribution in [3.8, 4) is 0 Å². The molecule has 0 bridgehead atoms. The monoisotopic (exact) mass is 208 g/mol. The van der Waals surface area contributed by atoms with Crippen LogP contribution in [0.25, 0.3) is 21.8 Å². The molecule has 0 aliphatic rings. The number of aliphatic imine (C=N–C) groups is 1. The van der Waals surface area contributed by atoms with Crippen LogP contribution >= 0.6 is 0 Å². The number of hydrogen-bond acceptors (Lipinski definition) is 2. The van der Waals surface area contributed by atoms with E-state index in [1.165, 1.54) is 0 Å². The van der Waals surface area contributed by atoms with Crippen LogP contribution in [-0.2, 0) is 4.79 Å². The zero-order valence-corrected chi connectivity index (χ0v) is 8.40. The minimum atomic E-state index is 0.632. The van der Waals surface area contributed by atoms with E-state index in [1.54, 1.807) is 12.1 Å². The molecule has 16 heavy (non-hydrogen) atoms. The summed E-state index contributed by atoms with van der Waals surface area (Å²) in [5.74, 6) is 0. The van der Waals surface area contributed by atoms with E-state index in [1.807, 2.05) is 36.4 Å². The van der Waals surface area contributed by atoms with Crippen molar-refractivity contribution in [1.82, 2.24) is 4.98 Å². The van der Waals surface area contributed by atoms with Crippen LogP contribution < -0.4 is 0 Å². The fourth-order valence-electron chi connectivity index (χ4n) is 1.96. The van der Waals surface area contributed by atoms with Gasteiger partial charge < -0.3 is 4.98 Å². The number of para-hydroxylation sites is 1. The van der Waals surface area contributed by atoms with E-state index in [2.05, 4.69) is 9.98 Å². The molecule has 3 rings (SSSR count). The predicted molar refractivity (Wildman–Crippen MR) is 63.6 cm³/mol. The van der Waals surface area contributed by atoms with Crippen molar-refractivity contribution in [3.05, 3.63) is 42.5 Å². The summed E-state index contributed by atoms with van der Waals surface area (Å²) in [5.41, 5.74) is 2.77. The highest BCUT2D eigenvalue weighted by Crippen LogP contribution is 2.28. The Morgan fingerprint density at radius 1 is 1.00 bits per heavy atom. The van der Waals surface area contributed by atoms with Gasteiger partial charge in [0.15, 0.2) is 0 Å². The van der Waals surface area contributed by atoms with Crippen LogP contribution in [0.1, 0.15) is 0 Å². The maximum atomic E-state index is 10.2. The lowest BCUT2D eigenvalue weighted by Crippen LogP contribution is -1.67. The summed E-state index contributed by atoms with van der Waals surface area (Å²) in [6.45, 7) is 0. The van der Waals surface area contributed by atoms with Gasteiger partial charge in [-0.05, 0) is 24.3 Å². The number of fused-ring (bicyclic) bond motifs is 3. The summed E-state index contributed by atoms with van der Waals surface area (Å²) in [4.78, 5) is 17.1. The molecule has 0 spiro atoms. The zero-order chi connectivity index (χ0) is 11.0. The third-order valence-corrected chi connectivity index (χ3v) is 2.66. The van der Waals surface area contributed by atoms with Gasteiger partial charge in [0.2, 0.25) is 6.08 Å². The molecule has 3 aromatic rings. The van der Waals surface area contributed by atoms with Crippen molar-refractivity contribution < 1.29 is 4.79 Å². The highest BCUT2D eigenvalue weighted by Gasteiger charge is 2.03. The van der Waals surface area contributed by atoms with Crippen molar-refractivity contribution in [2.24, 2.45) is 4.99 Å². The number of nitrogens with one attached hydrogen (secondary N) is 1. The van der Waals surface area contributed by atoms with E-state index in [-0.39, 0.29) is 0 Å². The highest BCUT2D eigenvalue weighted by atomic mass is 16.1. The fourth-order valence-corrected chi connectivity index (χ4v) is 1.96. The van der Waals surface area contributed by atoms with Gasteiger partial charge in [-0.25, -0.2) is 4.79 Å². The number of hydrogen-bond donors (Lipinski definition) is 1.